The average Bonchev–Trinajstić information content (AvgIpc) is 2.92. The molecule has 1 heterocycles. The molecule has 0 radical (unpaired) electrons. The average molecular weight is 507 g/mol. The van der Waals surface area contributed by atoms with Crippen LogP contribution in [0.5, 0.6) is 23.0 Å². The van der Waals surface area contributed by atoms with Crippen LogP contribution in [0.4, 0.5) is 0 Å². The van der Waals surface area contributed by atoms with Gasteiger partial charge in [-0.2, -0.15) is 0 Å². The van der Waals surface area contributed by atoms with Crippen LogP contribution in [0.15, 0.2) is 72.0 Å². The van der Waals surface area contributed by atoms with Crippen molar-refractivity contribution in [1.82, 2.24) is 4.98 Å². The maximum atomic E-state index is 12.7. The van der Waals surface area contributed by atoms with E-state index in [1.165, 1.54) is 7.11 Å². The summed E-state index contributed by atoms with van der Waals surface area (Å²) in [5.41, 5.74) is 1.65. The number of carbonyl (C=O) groups excluding carboxylic acids is 1. The number of rotatable bonds is 8. The molecule has 0 atom stereocenters. The number of nitrogens with zero attached hydrogens (tertiary/aromatic N) is 2. The van der Waals surface area contributed by atoms with Gasteiger partial charge in [-0.25, -0.2) is 4.79 Å². The topological polar surface area (TPSA) is 88.5 Å². The lowest BCUT2D eigenvalue weighted by atomic mass is 10.0. The number of fused-ring (bicyclic) bond motifs is 1. The summed E-state index contributed by atoms with van der Waals surface area (Å²) in [4.78, 5) is 22.6. The van der Waals surface area contributed by atoms with Crippen molar-refractivity contribution in [3.63, 3.8) is 0 Å². The lowest BCUT2D eigenvalue weighted by molar-refractivity contribution is 0.0517. The molecule has 0 spiro atoms. The molecule has 184 valence electrons. The monoisotopic (exact) mass is 506 g/mol. The molecular weight excluding hydrogens is 484 g/mol. The van der Waals surface area contributed by atoms with Crippen molar-refractivity contribution >= 4 is 34.1 Å². The Labute approximate surface area is 213 Å². The predicted octanol–water partition coefficient (Wildman–Crippen LogP) is 5.53. The number of pyridine rings is 1. The Morgan fingerprint density at radius 3 is 2.03 bits per heavy atom. The molecule has 3 aromatic carbocycles. The van der Waals surface area contributed by atoms with Crippen LogP contribution in [0.25, 0.3) is 10.8 Å². The molecule has 9 heteroatoms. The van der Waals surface area contributed by atoms with E-state index in [9.17, 15) is 4.79 Å². The zero-order chi connectivity index (χ0) is 25.7. The van der Waals surface area contributed by atoms with Gasteiger partial charge >= 0.3 is 5.97 Å². The van der Waals surface area contributed by atoms with Crippen molar-refractivity contribution < 1.29 is 28.6 Å². The third-order valence-corrected chi connectivity index (χ3v) is 5.70. The Morgan fingerprint density at radius 2 is 1.36 bits per heavy atom. The first-order valence-corrected chi connectivity index (χ1v) is 11.1. The summed E-state index contributed by atoms with van der Waals surface area (Å²) in [5, 5.41) is 6.29. The number of halogens is 1. The molecule has 0 aliphatic heterocycles. The Hall–Kier alpha value is -4.30. The highest BCUT2D eigenvalue weighted by Crippen LogP contribution is 2.35. The smallest absolute Gasteiger partial charge is 0.365 e. The fraction of sp³-hybridized carbons (Fsp3) is 0.148. The lowest BCUT2D eigenvalue weighted by Crippen LogP contribution is -2.11. The molecule has 1 aromatic heterocycles. The van der Waals surface area contributed by atoms with Crippen LogP contribution in [0.1, 0.15) is 21.6 Å². The maximum absolute atomic E-state index is 12.7. The minimum Gasteiger partial charge on any atom is -0.493 e. The van der Waals surface area contributed by atoms with Gasteiger partial charge in [-0.3, -0.25) is 4.98 Å². The second kappa shape index (κ2) is 11.0. The van der Waals surface area contributed by atoms with E-state index >= 15 is 0 Å². The third kappa shape index (κ3) is 5.04. The summed E-state index contributed by atoms with van der Waals surface area (Å²) in [6, 6.07) is 17.0. The van der Waals surface area contributed by atoms with E-state index in [4.69, 9.17) is 35.4 Å². The van der Waals surface area contributed by atoms with Crippen molar-refractivity contribution in [3.8, 4) is 23.0 Å². The van der Waals surface area contributed by atoms with Gasteiger partial charge in [0, 0.05) is 22.2 Å². The van der Waals surface area contributed by atoms with Crippen molar-refractivity contribution in [2.45, 2.75) is 0 Å². The highest BCUT2D eigenvalue weighted by atomic mass is 35.5. The van der Waals surface area contributed by atoms with E-state index in [-0.39, 0.29) is 0 Å². The number of hydrogen-bond donors (Lipinski definition) is 0. The molecule has 36 heavy (non-hydrogen) atoms. The van der Waals surface area contributed by atoms with Crippen molar-refractivity contribution in [2.75, 3.05) is 28.4 Å². The van der Waals surface area contributed by atoms with E-state index in [0.29, 0.717) is 55.9 Å². The van der Waals surface area contributed by atoms with E-state index < -0.39 is 5.97 Å². The first-order chi connectivity index (χ1) is 17.5. The Morgan fingerprint density at radius 1 is 0.750 bits per heavy atom. The van der Waals surface area contributed by atoms with Gasteiger partial charge in [-0.05, 0) is 66.0 Å². The lowest BCUT2D eigenvalue weighted by Gasteiger charge is -2.14. The largest absolute Gasteiger partial charge is 0.493 e. The Balaban J connectivity index is 1.88. The quantitative estimate of drug-likeness (QED) is 0.176. The minimum atomic E-state index is -0.649. The molecule has 8 nitrogen and oxygen atoms in total. The molecule has 0 aliphatic rings. The zero-order valence-electron chi connectivity index (χ0n) is 20.1. The summed E-state index contributed by atoms with van der Waals surface area (Å²) in [6.07, 6.45) is 1.64. The van der Waals surface area contributed by atoms with Gasteiger partial charge < -0.3 is 23.8 Å². The van der Waals surface area contributed by atoms with Gasteiger partial charge in [0.2, 0.25) is 0 Å². The molecule has 4 rings (SSSR count). The summed E-state index contributed by atoms with van der Waals surface area (Å²) < 4.78 is 21.8. The number of benzene rings is 3. The number of oxime groups is 1. The van der Waals surface area contributed by atoms with Crippen LogP contribution >= 0.6 is 11.6 Å². The van der Waals surface area contributed by atoms with Crippen LogP contribution in [-0.4, -0.2) is 45.1 Å². The van der Waals surface area contributed by atoms with Crippen molar-refractivity contribution in [1.29, 1.82) is 0 Å². The number of carbonyl (C=O) groups is 1. The molecule has 0 N–H and O–H groups in total. The van der Waals surface area contributed by atoms with Crippen LogP contribution in [0.3, 0.4) is 0 Å². The second-order valence-electron chi connectivity index (χ2n) is 7.48. The summed E-state index contributed by atoms with van der Waals surface area (Å²) in [7, 11) is 6.20. The fourth-order valence-electron chi connectivity index (χ4n) is 3.63. The molecule has 4 aromatic rings. The van der Waals surface area contributed by atoms with E-state index in [1.54, 1.807) is 76.1 Å². The summed E-state index contributed by atoms with van der Waals surface area (Å²) in [6.45, 7) is 0. The Bertz CT molecular complexity index is 1440. The van der Waals surface area contributed by atoms with E-state index in [1.807, 2.05) is 12.1 Å². The van der Waals surface area contributed by atoms with Crippen molar-refractivity contribution in [2.24, 2.45) is 5.16 Å². The van der Waals surface area contributed by atoms with Gasteiger partial charge in [-0.15, -0.1) is 0 Å². The molecular formula is C27H23ClN2O6. The van der Waals surface area contributed by atoms with E-state index in [0.717, 1.165) is 5.39 Å². The molecule has 0 saturated heterocycles. The standard InChI is InChI=1S/C27H23ClN2O6/c1-32-21-10-7-18(14-22(21)33-2)25(30-36-27(31)16-5-8-19(28)9-6-16)26-20-15-24(35-4)23(34-3)13-17(20)11-12-29-26/h5-15H,1-4H3/b30-25-. The zero-order valence-corrected chi connectivity index (χ0v) is 20.8. The van der Waals surface area contributed by atoms with Gasteiger partial charge in [0.05, 0.1) is 34.0 Å². The molecule has 0 saturated carbocycles. The van der Waals surface area contributed by atoms with Crippen molar-refractivity contribution in [3.05, 3.63) is 88.7 Å². The number of aromatic nitrogens is 1. The van der Waals surface area contributed by atoms with Crippen LogP contribution in [-0.2, 0) is 4.84 Å². The molecule has 0 fully saturated rings. The van der Waals surface area contributed by atoms with Gasteiger partial charge in [0.15, 0.2) is 23.0 Å². The fourth-order valence-corrected chi connectivity index (χ4v) is 3.76. The highest BCUT2D eigenvalue weighted by Gasteiger charge is 2.19. The number of ether oxygens (including phenoxy) is 4. The molecule has 0 aliphatic carbocycles. The summed E-state index contributed by atoms with van der Waals surface area (Å²) >= 11 is 5.93. The van der Waals surface area contributed by atoms with Gasteiger partial charge in [0.1, 0.15) is 11.4 Å². The van der Waals surface area contributed by atoms with E-state index in [2.05, 4.69) is 10.1 Å². The van der Waals surface area contributed by atoms with Crippen LogP contribution < -0.4 is 18.9 Å². The predicted molar refractivity (Wildman–Crippen MR) is 137 cm³/mol. The molecule has 0 amide bonds. The third-order valence-electron chi connectivity index (χ3n) is 5.45. The SMILES string of the molecule is COc1ccc(/C(=N/OC(=O)c2ccc(Cl)cc2)c2nccc3cc(OC)c(OC)cc23)cc1OC. The first-order valence-electron chi connectivity index (χ1n) is 10.8. The first kappa shape index (κ1) is 24.8. The number of methoxy groups -OCH3 is 4. The highest BCUT2D eigenvalue weighted by molar-refractivity contribution is 6.30. The minimum absolute atomic E-state index is 0.298. The second-order valence-corrected chi connectivity index (χ2v) is 7.92. The number of hydrogen-bond acceptors (Lipinski definition) is 8. The van der Waals surface area contributed by atoms with Crippen LogP contribution in [0.2, 0.25) is 5.02 Å². The van der Waals surface area contributed by atoms with Crippen LogP contribution in [0, 0.1) is 0 Å². The molecule has 0 unspecified atom stereocenters. The molecule has 0 bridgehead atoms. The van der Waals surface area contributed by atoms with Gasteiger partial charge in [-0.1, -0.05) is 16.8 Å². The normalized spacial score (nSPS) is 11.2. The maximum Gasteiger partial charge on any atom is 0.365 e. The summed E-state index contributed by atoms with van der Waals surface area (Å²) in [5.74, 6) is 1.45. The Kier molecular flexibility index (Phi) is 7.56. The van der Waals surface area contributed by atoms with Gasteiger partial charge in [0.25, 0.3) is 0 Å².